The Balaban J connectivity index is 1.26. The van der Waals surface area contributed by atoms with Gasteiger partial charge in [-0.25, -0.2) is 0 Å². The minimum Gasteiger partial charge on any atom is -0.489 e. The molecule has 1 aliphatic carbocycles. The fraction of sp³-hybridized carbons (Fsp3) is 0.552. The fourth-order valence-electron chi connectivity index (χ4n) is 6.23. The highest BCUT2D eigenvalue weighted by Gasteiger charge is 2.44. The minimum absolute atomic E-state index is 0.0810. The Morgan fingerprint density at radius 2 is 1.89 bits per heavy atom. The SMILES string of the molecule is Cc1cc(NC(=O)c2ccc(NSCCO)cc2N2CCC3(CC2)CC3)cc2c1OCC1CCCCN21. The van der Waals surface area contributed by atoms with Crippen molar-refractivity contribution in [3.63, 3.8) is 0 Å². The Bertz CT molecular complexity index is 1160. The molecule has 3 heterocycles. The van der Waals surface area contributed by atoms with Crippen LogP contribution in [0.3, 0.4) is 0 Å². The average molecular weight is 523 g/mol. The molecule has 0 aromatic heterocycles. The number of aliphatic hydroxyl groups excluding tert-OH is 1. The first-order valence-corrected chi connectivity index (χ1v) is 14.8. The molecule has 2 aromatic rings. The Morgan fingerprint density at radius 3 is 2.68 bits per heavy atom. The molecule has 0 bridgehead atoms. The number of nitrogens with zero attached hydrogens (tertiary/aromatic N) is 2. The number of nitrogens with one attached hydrogen (secondary N) is 2. The number of aliphatic hydroxyl groups is 1. The molecule has 2 aromatic carbocycles. The van der Waals surface area contributed by atoms with E-state index in [0.29, 0.717) is 22.8 Å². The number of amides is 1. The van der Waals surface area contributed by atoms with Crippen LogP contribution in [-0.2, 0) is 0 Å². The molecule has 1 spiro atoms. The summed E-state index contributed by atoms with van der Waals surface area (Å²) in [6.45, 7) is 5.95. The van der Waals surface area contributed by atoms with Gasteiger partial charge in [-0.05, 0) is 93.2 Å². The van der Waals surface area contributed by atoms with Crippen molar-refractivity contribution in [3.8, 4) is 5.75 Å². The van der Waals surface area contributed by atoms with Crippen LogP contribution in [0.15, 0.2) is 30.3 Å². The maximum Gasteiger partial charge on any atom is 0.257 e. The van der Waals surface area contributed by atoms with Gasteiger partial charge in [-0.15, -0.1) is 0 Å². The lowest BCUT2D eigenvalue weighted by Crippen LogP contribution is -2.46. The second-order valence-corrected chi connectivity index (χ2v) is 12.0. The van der Waals surface area contributed by atoms with Gasteiger partial charge in [-0.3, -0.25) is 4.79 Å². The minimum atomic E-state index is -0.0810. The fourth-order valence-corrected chi connectivity index (χ4v) is 6.71. The molecule has 1 atom stereocenters. The van der Waals surface area contributed by atoms with E-state index in [1.807, 2.05) is 18.2 Å². The zero-order valence-electron chi connectivity index (χ0n) is 21.7. The molecule has 3 N–H and O–H groups in total. The molecule has 1 amide bonds. The zero-order chi connectivity index (χ0) is 25.4. The number of benzene rings is 2. The van der Waals surface area contributed by atoms with Crippen LogP contribution in [0.25, 0.3) is 0 Å². The Kier molecular flexibility index (Phi) is 6.88. The number of rotatable bonds is 7. The molecule has 3 aliphatic heterocycles. The van der Waals surface area contributed by atoms with E-state index in [1.165, 1.54) is 50.5 Å². The van der Waals surface area contributed by atoms with E-state index in [0.717, 1.165) is 66.7 Å². The maximum absolute atomic E-state index is 13.7. The maximum atomic E-state index is 13.7. The summed E-state index contributed by atoms with van der Waals surface area (Å²) in [6.07, 6.45) is 8.71. The van der Waals surface area contributed by atoms with Crippen molar-refractivity contribution < 1.29 is 14.6 Å². The van der Waals surface area contributed by atoms with Crippen LogP contribution < -0.4 is 24.6 Å². The summed E-state index contributed by atoms with van der Waals surface area (Å²) in [7, 11) is 0. The summed E-state index contributed by atoms with van der Waals surface area (Å²) in [5.41, 5.74) is 6.19. The molecule has 8 heteroatoms. The van der Waals surface area contributed by atoms with Crippen LogP contribution in [0.1, 0.15) is 60.9 Å². The number of ether oxygens (including phenoxy) is 1. The Hall–Kier alpha value is -2.58. The number of hydrogen-bond donors (Lipinski definition) is 3. The summed E-state index contributed by atoms with van der Waals surface area (Å²) < 4.78 is 9.47. The third-order valence-electron chi connectivity index (χ3n) is 8.62. The molecule has 7 nitrogen and oxygen atoms in total. The highest BCUT2D eigenvalue weighted by Crippen LogP contribution is 2.54. The van der Waals surface area contributed by atoms with Gasteiger partial charge in [-0.2, -0.15) is 0 Å². The number of hydrogen-bond acceptors (Lipinski definition) is 7. The number of carbonyl (C=O) groups excluding carboxylic acids is 1. The van der Waals surface area contributed by atoms with Gasteiger partial charge in [0, 0.05) is 36.8 Å². The third-order valence-corrected chi connectivity index (χ3v) is 9.38. The van der Waals surface area contributed by atoms with E-state index in [1.54, 1.807) is 0 Å². The van der Waals surface area contributed by atoms with Gasteiger partial charge in [-0.1, -0.05) is 11.9 Å². The number of aryl methyl sites for hydroxylation is 1. The van der Waals surface area contributed by atoms with Crippen molar-refractivity contribution in [2.45, 2.75) is 57.9 Å². The zero-order valence-corrected chi connectivity index (χ0v) is 22.5. The number of carbonyl (C=O) groups is 1. The number of piperidine rings is 2. The van der Waals surface area contributed by atoms with Crippen LogP contribution in [0.4, 0.5) is 22.7 Å². The van der Waals surface area contributed by atoms with Crippen LogP contribution in [0.5, 0.6) is 5.75 Å². The molecule has 1 saturated carbocycles. The lowest BCUT2D eigenvalue weighted by Gasteiger charge is -2.42. The van der Waals surface area contributed by atoms with Crippen molar-refractivity contribution in [2.75, 3.05) is 58.4 Å². The lowest BCUT2D eigenvalue weighted by molar-refractivity contribution is 0.102. The molecule has 198 valence electrons. The van der Waals surface area contributed by atoms with E-state index < -0.39 is 0 Å². The standard InChI is InChI=1S/C29H38N4O3S/c1-20-16-22(18-26-27(20)36-19-23-4-2-3-11-33(23)26)30-28(35)24-6-5-21(31-37-15-14-34)17-25(24)32-12-9-29(7-8-29)10-13-32/h5-6,16-18,23,31,34H,2-4,7-15,19H2,1H3,(H,30,35). The van der Waals surface area contributed by atoms with E-state index in [9.17, 15) is 4.79 Å². The largest absolute Gasteiger partial charge is 0.489 e. The third kappa shape index (κ3) is 5.10. The molecule has 1 unspecified atom stereocenters. The van der Waals surface area contributed by atoms with Crippen LogP contribution >= 0.6 is 11.9 Å². The molecule has 2 saturated heterocycles. The van der Waals surface area contributed by atoms with Crippen molar-refractivity contribution in [1.29, 1.82) is 0 Å². The van der Waals surface area contributed by atoms with Gasteiger partial charge >= 0.3 is 0 Å². The van der Waals surface area contributed by atoms with Gasteiger partial charge < -0.3 is 29.7 Å². The molecular formula is C29H38N4O3S. The quantitative estimate of drug-likeness (QED) is 0.331. The van der Waals surface area contributed by atoms with Crippen LogP contribution in [0, 0.1) is 12.3 Å². The molecule has 0 radical (unpaired) electrons. The highest BCUT2D eigenvalue weighted by atomic mass is 32.2. The van der Waals surface area contributed by atoms with Crippen LogP contribution in [0.2, 0.25) is 0 Å². The van der Waals surface area contributed by atoms with Crippen molar-refractivity contribution in [2.24, 2.45) is 5.41 Å². The first kappa shape index (κ1) is 24.7. The van der Waals surface area contributed by atoms with Gasteiger partial charge in [0.2, 0.25) is 0 Å². The topological polar surface area (TPSA) is 77.1 Å². The summed E-state index contributed by atoms with van der Waals surface area (Å²) in [6, 6.07) is 10.5. The highest BCUT2D eigenvalue weighted by molar-refractivity contribution is 8.00. The molecule has 37 heavy (non-hydrogen) atoms. The smallest absolute Gasteiger partial charge is 0.257 e. The van der Waals surface area contributed by atoms with Gasteiger partial charge in [0.25, 0.3) is 5.91 Å². The predicted molar refractivity (Wildman–Crippen MR) is 152 cm³/mol. The second-order valence-electron chi connectivity index (χ2n) is 11.1. The summed E-state index contributed by atoms with van der Waals surface area (Å²) in [5, 5.41) is 12.4. The van der Waals surface area contributed by atoms with Crippen LogP contribution in [-0.4, -0.2) is 55.7 Å². The van der Waals surface area contributed by atoms with Crippen molar-refractivity contribution in [1.82, 2.24) is 0 Å². The predicted octanol–water partition coefficient (Wildman–Crippen LogP) is 5.43. The lowest BCUT2D eigenvalue weighted by atomic mass is 9.93. The first-order valence-electron chi connectivity index (χ1n) is 13.8. The molecular weight excluding hydrogens is 484 g/mol. The van der Waals surface area contributed by atoms with Crippen molar-refractivity contribution >= 4 is 40.6 Å². The van der Waals surface area contributed by atoms with E-state index in [4.69, 9.17) is 9.84 Å². The monoisotopic (exact) mass is 522 g/mol. The number of fused-ring (bicyclic) bond motifs is 3. The normalized spacial score (nSPS) is 21.6. The molecule has 6 rings (SSSR count). The average Bonchev–Trinajstić information content (AvgIpc) is 3.67. The Morgan fingerprint density at radius 1 is 1.08 bits per heavy atom. The first-order chi connectivity index (χ1) is 18.0. The van der Waals surface area contributed by atoms with E-state index in [-0.39, 0.29) is 12.5 Å². The van der Waals surface area contributed by atoms with Gasteiger partial charge in [0.15, 0.2) is 0 Å². The molecule has 3 fully saturated rings. The van der Waals surface area contributed by atoms with E-state index >= 15 is 0 Å². The summed E-state index contributed by atoms with van der Waals surface area (Å²) in [4.78, 5) is 18.6. The summed E-state index contributed by atoms with van der Waals surface area (Å²) >= 11 is 1.48. The Labute approximate surface area is 224 Å². The van der Waals surface area contributed by atoms with Gasteiger partial charge in [0.05, 0.1) is 29.6 Å². The van der Waals surface area contributed by atoms with E-state index in [2.05, 4.69) is 38.9 Å². The van der Waals surface area contributed by atoms with Gasteiger partial charge in [0.1, 0.15) is 12.4 Å². The number of anilines is 4. The van der Waals surface area contributed by atoms with Crippen molar-refractivity contribution in [3.05, 3.63) is 41.5 Å². The summed E-state index contributed by atoms with van der Waals surface area (Å²) in [5.74, 6) is 1.49. The molecule has 4 aliphatic rings. The second kappa shape index (κ2) is 10.3.